The Kier molecular flexibility index (Phi) is 17.6. The number of halogens is 5. The summed E-state index contributed by atoms with van der Waals surface area (Å²) in [5, 5.41) is 17.9. The molecule has 0 radical (unpaired) electrons. The van der Waals surface area contributed by atoms with E-state index in [4.69, 9.17) is 34.0 Å². The third-order valence-electron chi connectivity index (χ3n) is 3.91. The Morgan fingerprint density at radius 2 is 1.14 bits per heavy atom. The molecule has 0 aromatic rings. The SMILES string of the molecule is CC(F)(F)C(=O)[O-].O=C([O-])C(F)(F)F.[NH3+]CCCC(=O)OC[C@@H]1CC[C@@H](COC(=O)CCC[NH3+])O1. The molecule has 0 unspecified atom stereocenters. The van der Waals surface area contributed by atoms with E-state index >= 15 is 0 Å². The lowest BCUT2D eigenvalue weighted by Crippen LogP contribution is -2.50. The first-order valence-corrected chi connectivity index (χ1v) is 10.5. The number of esters is 2. The maximum atomic E-state index is 11.4. The Labute approximate surface area is 197 Å². The Hall–Kier alpha value is -2.59. The van der Waals surface area contributed by atoms with Crippen molar-refractivity contribution in [2.24, 2.45) is 0 Å². The fraction of sp³-hybridized carbons (Fsp3) is 0.789. The Morgan fingerprint density at radius 3 is 1.37 bits per heavy atom. The predicted octanol–water partition coefficient (Wildman–Crippen LogP) is -2.65. The van der Waals surface area contributed by atoms with E-state index in [1.807, 2.05) is 0 Å². The molecular formula is C19H31F5N2O9. The quantitative estimate of drug-likeness (QED) is 0.213. The number of hydrogen-bond donors (Lipinski definition) is 2. The van der Waals surface area contributed by atoms with Gasteiger partial charge in [0.2, 0.25) is 0 Å². The number of carboxylic acid groups (broad SMARTS) is 2. The maximum Gasteiger partial charge on any atom is 0.430 e. The molecule has 1 heterocycles. The molecule has 16 heteroatoms. The van der Waals surface area contributed by atoms with Crippen LogP contribution in [0.4, 0.5) is 22.0 Å². The maximum absolute atomic E-state index is 11.4. The number of quaternary nitrogens is 2. The second-order valence-electron chi connectivity index (χ2n) is 7.20. The average molecular weight is 526 g/mol. The van der Waals surface area contributed by atoms with Gasteiger partial charge >= 0.3 is 18.1 Å². The number of rotatable bonds is 11. The van der Waals surface area contributed by atoms with Crippen LogP contribution in [0.15, 0.2) is 0 Å². The lowest BCUT2D eigenvalue weighted by Gasteiger charge is -2.14. The first kappa shape index (κ1) is 34.6. The van der Waals surface area contributed by atoms with Crippen molar-refractivity contribution < 1.29 is 77.0 Å². The summed E-state index contributed by atoms with van der Waals surface area (Å²) in [5.74, 6) is -9.45. The third kappa shape index (κ3) is 20.5. The topological polar surface area (TPSA) is 197 Å². The van der Waals surface area contributed by atoms with Crippen molar-refractivity contribution >= 4 is 23.9 Å². The van der Waals surface area contributed by atoms with E-state index in [0.717, 1.165) is 38.8 Å². The summed E-state index contributed by atoms with van der Waals surface area (Å²) in [4.78, 5) is 40.7. The molecule has 0 aromatic carbocycles. The van der Waals surface area contributed by atoms with Crippen LogP contribution in [-0.2, 0) is 33.4 Å². The minimum atomic E-state index is -5.19. The molecule has 11 nitrogen and oxygen atoms in total. The summed E-state index contributed by atoms with van der Waals surface area (Å²) in [7, 11) is 0. The van der Waals surface area contributed by atoms with Gasteiger partial charge in [0.25, 0.3) is 5.92 Å². The van der Waals surface area contributed by atoms with Gasteiger partial charge in [0.1, 0.15) is 25.2 Å². The van der Waals surface area contributed by atoms with Crippen LogP contribution in [0.5, 0.6) is 0 Å². The highest BCUT2D eigenvalue weighted by Crippen LogP contribution is 2.20. The predicted molar refractivity (Wildman–Crippen MR) is 100 cm³/mol. The van der Waals surface area contributed by atoms with Crippen LogP contribution in [0.25, 0.3) is 0 Å². The van der Waals surface area contributed by atoms with Crippen LogP contribution in [-0.4, -0.2) is 74.5 Å². The van der Waals surface area contributed by atoms with Gasteiger partial charge < -0.3 is 45.5 Å². The molecule has 0 bridgehead atoms. The highest BCUT2D eigenvalue weighted by molar-refractivity contribution is 5.72. The Balaban J connectivity index is 0. The lowest BCUT2D eigenvalue weighted by atomic mass is 10.2. The minimum Gasteiger partial charge on any atom is -0.544 e. The number of alkyl halides is 5. The van der Waals surface area contributed by atoms with Gasteiger partial charge in [-0.25, -0.2) is 8.78 Å². The van der Waals surface area contributed by atoms with Gasteiger partial charge in [0.15, 0.2) is 0 Å². The zero-order valence-corrected chi connectivity index (χ0v) is 19.2. The molecule has 35 heavy (non-hydrogen) atoms. The molecule has 1 rings (SSSR count). The van der Waals surface area contributed by atoms with Crippen molar-refractivity contribution in [1.29, 1.82) is 0 Å². The first-order valence-electron chi connectivity index (χ1n) is 10.5. The number of ether oxygens (including phenoxy) is 3. The molecule has 0 aliphatic carbocycles. The Morgan fingerprint density at radius 1 is 0.829 bits per heavy atom. The molecule has 206 valence electrons. The first-order chi connectivity index (χ1) is 16.0. The molecule has 1 saturated heterocycles. The monoisotopic (exact) mass is 526 g/mol. The van der Waals surface area contributed by atoms with Crippen LogP contribution in [0, 0.1) is 0 Å². The van der Waals surface area contributed by atoms with Crippen LogP contribution in [0.1, 0.15) is 45.4 Å². The van der Waals surface area contributed by atoms with E-state index < -0.39 is 24.0 Å². The van der Waals surface area contributed by atoms with E-state index in [2.05, 4.69) is 11.5 Å². The van der Waals surface area contributed by atoms with Crippen LogP contribution in [0.3, 0.4) is 0 Å². The van der Waals surface area contributed by atoms with E-state index in [1.165, 1.54) is 0 Å². The summed E-state index contributed by atoms with van der Waals surface area (Å²) in [6.45, 7) is 2.29. The van der Waals surface area contributed by atoms with Crippen LogP contribution in [0.2, 0.25) is 0 Å². The standard InChI is InChI=1S/C14H26N2O5.C3H4F2O2.C2HF3O2/c15-7-1-3-13(17)19-9-11-5-6-12(21-11)10-20-14(18)4-2-8-16;1-3(4,5)2(6)7;3-2(4,5)1(6)7/h11-12H,1-10,15-16H2;1H3,(H,6,7);(H,6,7)/t11-,12-;;/m0../s1. The van der Waals surface area contributed by atoms with Gasteiger partial charge in [-0.1, -0.05) is 0 Å². The molecule has 1 aliphatic rings. The molecule has 6 N–H and O–H groups in total. The lowest BCUT2D eigenvalue weighted by molar-refractivity contribution is -0.368. The number of hydrogen-bond acceptors (Lipinski definition) is 9. The van der Waals surface area contributed by atoms with Crippen molar-refractivity contribution in [3.8, 4) is 0 Å². The molecule has 2 atom stereocenters. The third-order valence-corrected chi connectivity index (χ3v) is 3.91. The van der Waals surface area contributed by atoms with Crippen molar-refractivity contribution in [3.63, 3.8) is 0 Å². The van der Waals surface area contributed by atoms with Crippen molar-refractivity contribution in [2.45, 2.75) is 69.8 Å². The van der Waals surface area contributed by atoms with Crippen molar-refractivity contribution in [3.05, 3.63) is 0 Å². The van der Waals surface area contributed by atoms with Gasteiger partial charge in [-0.2, -0.15) is 13.2 Å². The molecule has 0 spiro atoms. The van der Waals surface area contributed by atoms with Gasteiger partial charge in [0.05, 0.1) is 38.1 Å². The molecule has 0 amide bonds. The smallest absolute Gasteiger partial charge is 0.430 e. The molecule has 1 fully saturated rings. The molecule has 0 saturated carbocycles. The normalized spacial score (nSPS) is 17.3. The summed E-state index contributed by atoms with van der Waals surface area (Å²) in [6.07, 6.45) is -1.41. The molecular weight excluding hydrogens is 495 g/mol. The Bertz CT molecular complexity index is 604. The molecule has 1 aliphatic heterocycles. The summed E-state index contributed by atoms with van der Waals surface area (Å²) < 4.78 is 69.9. The van der Waals surface area contributed by atoms with Gasteiger partial charge in [-0.15, -0.1) is 0 Å². The summed E-state index contributed by atoms with van der Waals surface area (Å²) in [6, 6.07) is 0. The van der Waals surface area contributed by atoms with E-state index in [0.29, 0.717) is 12.8 Å². The van der Waals surface area contributed by atoms with Crippen molar-refractivity contribution in [1.82, 2.24) is 0 Å². The fourth-order valence-electron chi connectivity index (χ4n) is 2.08. The second-order valence-corrected chi connectivity index (χ2v) is 7.20. The largest absolute Gasteiger partial charge is 0.544 e. The van der Waals surface area contributed by atoms with E-state index in [1.54, 1.807) is 0 Å². The van der Waals surface area contributed by atoms with Gasteiger partial charge in [-0.3, -0.25) is 9.59 Å². The molecule has 0 aromatic heterocycles. The zero-order valence-electron chi connectivity index (χ0n) is 19.2. The zero-order chi connectivity index (χ0) is 27.7. The summed E-state index contributed by atoms with van der Waals surface area (Å²) in [5.41, 5.74) is 7.36. The fourth-order valence-corrected chi connectivity index (χ4v) is 2.08. The highest BCUT2D eigenvalue weighted by atomic mass is 19.4. The van der Waals surface area contributed by atoms with Crippen LogP contribution < -0.4 is 21.7 Å². The second kappa shape index (κ2) is 17.8. The highest BCUT2D eigenvalue weighted by Gasteiger charge is 2.29. The van der Waals surface area contributed by atoms with E-state index in [-0.39, 0.29) is 44.3 Å². The van der Waals surface area contributed by atoms with Gasteiger partial charge in [0, 0.05) is 19.8 Å². The average Bonchev–Trinajstić information content (AvgIpc) is 3.20. The summed E-state index contributed by atoms with van der Waals surface area (Å²) >= 11 is 0. The number of aliphatic carboxylic acids is 2. The number of carbonyl (C=O) groups excluding carboxylic acids is 4. The minimum absolute atomic E-state index is 0.0859. The van der Waals surface area contributed by atoms with E-state index in [9.17, 15) is 31.5 Å². The van der Waals surface area contributed by atoms with Crippen LogP contribution >= 0.6 is 0 Å². The number of carbonyl (C=O) groups is 4. The number of carboxylic acids is 2. The van der Waals surface area contributed by atoms with Crippen molar-refractivity contribution in [2.75, 3.05) is 26.3 Å². The van der Waals surface area contributed by atoms with Gasteiger partial charge in [-0.05, 0) is 12.8 Å².